The van der Waals surface area contributed by atoms with Gasteiger partial charge in [-0.3, -0.25) is 10.1 Å². The van der Waals surface area contributed by atoms with Crippen LogP contribution in [0.15, 0.2) is 64.8 Å². The Kier molecular flexibility index (Phi) is 4.47. The molecule has 0 bridgehead atoms. The molecule has 0 atom stereocenters. The van der Waals surface area contributed by atoms with Crippen molar-refractivity contribution in [3.8, 4) is 0 Å². The molecule has 0 aliphatic rings. The Hall–Kier alpha value is -1.94. The summed E-state index contributed by atoms with van der Waals surface area (Å²) in [4.78, 5) is 10.8. The normalized spacial score (nSPS) is 11.3. The summed E-state index contributed by atoms with van der Waals surface area (Å²) < 4.78 is 0.954. The van der Waals surface area contributed by atoms with Crippen molar-refractivity contribution in [2.24, 2.45) is 0 Å². The van der Waals surface area contributed by atoms with Crippen LogP contribution in [0.4, 0.5) is 0 Å². The predicted octanol–water partition coefficient (Wildman–Crippen LogP) is 4.31. The summed E-state index contributed by atoms with van der Waals surface area (Å²) in [6.07, 6.45) is 1.93. The third kappa shape index (κ3) is 4.03. The van der Waals surface area contributed by atoms with Gasteiger partial charge in [0.2, 0.25) is 0 Å². The molecule has 0 aliphatic heterocycles. The molecule has 0 amide bonds. The number of rotatable bonds is 4. The third-order valence-corrected chi connectivity index (χ3v) is 3.19. The summed E-state index contributed by atoms with van der Waals surface area (Å²) in [6, 6.07) is 16.9. The number of hydrogen-bond donors (Lipinski definition) is 0. The van der Waals surface area contributed by atoms with Gasteiger partial charge in [-0.15, -0.1) is 0 Å². The van der Waals surface area contributed by atoms with Crippen molar-refractivity contribution in [1.29, 1.82) is 0 Å². The zero-order valence-electron chi connectivity index (χ0n) is 10.1. The molecule has 0 heterocycles. The highest BCUT2D eigenvalue weighted by Crippen LogP contribution is 2.16. The minimum Gasteiger partial charge on any atom is -0.259 e. The predicted molar refractivity (Wildman–Crippen MR) is 79.3 cm³/mol. The zero-order chi connectivity index (χ0) is 13.7. The Labute approximate surface area is 119 Å². The fourth-order valence-corrected chi connectivity index (χ4v) is 1.99. The second-order valence-electron chi connectivity index (χ2n) is 4.11. The van der Waals surface area contributed by atoms with Crippen molar-refractivity contribution in [1.82, 2.24) is 0 Å². The minimum absolute atomic E-state index is 0.188. The van der Waals surface area contributed by atoms with Crippen molar-refractivity contribution < 1.29 is 4.92 Å². The summed E-state index contributed by atoms with van der Waals surface area (Å²) in [6.45, 7) is 0. The largest absolute Gasteiger partial charge is 0.259 e. The van der Waals surface area contributed by atoms with E-state index in [1.165, 1.54) is 0 Å². The maximum atomic E-state index is 11.1. The van der Waals surface area contributed by atoms with E-state index < -0.39 is 0 Å². The highest BCUT2D eigenvalue weighted by atomic mass is 79.9. The molecule has 0 aromatic heterocycles. The molecular weight excluding hydrogens is 306 g/mol. The fraction of sp³-hybridized carbons (Fsp3) is 0.0667. The van der Waals surface area contributed by atoms with Crippen molar-refractivity contribution in [3.63, 3.8) is 0 Å². The lowest BCUT2D eigenvalue weighted by Crippen LogP contribution is -2.02. The van der Waals surface area contributed by atoms with Crippen molar-refractivity contribution >= 4 is 22.0 Å². The summed E-state index contributed by atoms with van der Waals surface area (Å²) in [5.74, 6) is 0. The summed E-state index contributed by atoms with van der Waals surface area (Å²) in [5, 5.41) is 11.1. The van der Waals surface area contributed by atoms with E-state index in [-0.39, 0.29) is 10.6 Å². The van der Waals surface area contributed by atoms with E-state index in [0.29, 0.717) is 6.42 Å². The van der Waals surface area contributed by atoms with Gasteiger partial charge in [0.15, 0.2) is 0 Å². The first-order chi connectivity index (χ1) is 9.15. The van der Waals surface area contributed by atoms with E-state index in [1.807, 2.05) is 54.6 Å². The molecule has 96 valence electrons. The number of halogens is 1. The quantitative estimate of drug-likeness (QED) is 0.623. The maximum Gasteiger partial charge on any atom is 0.251 e. The molecule has 0 aliphatic carbocycles. The first-order valence-corrected chi connectivity index (χ1v) is 6.59. The van der Waals surface area contributed by atoms with Gasteiger partial charge in [-0.1, -0.05) is 58.4 Å². The smallest absolute Gasteiger partial charge is 0.251 e. The van der Waals surface area contributed by atoms with Crippen LogP contribution in [0.2, 0.25) is 0 Å². The molecule has 4 heteroatoms. The molecular formula is C15H12BrNO2. The molecule has 2 aromatic carbocycles. The number of nitro groups is 1. The molecule has 2 rings (SSSR count). The van der Waals surface area contributed by atoms with Gasteiger partial charge in [-0.25, -0.2) is 0 Å². The van der Waals surface area contributed by atoms with E-state index >= 15 is 0 Å². The van der Waals surface area contributed by atoms with Crippen LogP contribution >= 0.6 is 15.9 Å². The number of nitrogens with zero attached hydrogens (tertiary/aromatic N) is 1. The van der Waals surface area contributed by atoms with Crippen LogP contribution in [0.1, 0.15) is 11.1 Å². The second-order valence-corrected chi connectivity index (χ2v) is 5.02. The second kappa shape index (κ2) is 6.29. The maximum absolute atomic E-state index is 11.1. The van der Waals surface area contributed by atoms with Crippen molar-refractivity contribution in [2.45, 2.75) is 6.42 Å². The van der Waals surface area contributed by atoms with Gasteiger partial charge in [0, 0.05) is 10.5 Å². The lowest BCUT2D eigenvalue weighted by molar-refractivity contribution is -0.425. The van der Waals surface area contributed by atoms with E-state index in [2.05, 4.69) is 15.9 Å². The summed E-state index contributed by atoms with van der Waals surface area (Å²) in [7, 11) is 0. The fourth-order valence-electron chi connectivity index (χ4n) is 1.72. The van der Waals surface area contributed by atoms with Crippen LogP contribution in [-0.4, -0.2) is 4.92 Å². The molecule has 3 nitrogen and oxygen atoms in total. The number of benzene rings is 2. The van der Waals surface area contributed by atoms with Gasteiger partial charge in [0.05, 0.1) is 11.3 Å². The Balaban J connectivity index is 2.25. The van der Waals surface area contributed by atoms with E-state index in [4.69, 9.17) is 0 Å². The van der Waals surface area contributed by atoms with Crippen molar-refractivity contribution in [2.75, 3.05) is 0 Å². The summed E-state index contributed by atoms with van der Waals surface area (Å²) in [5.41, 5.74) is 1.95. The van der Waals surface area contributed by atoms with E-state index in [9.17, 15) is 10.1 Å². The van der Waals surface area contributed by atoms with Gasteiger partial charge >= 0.3 is 0 Å². The average molecular weight is 318 g/mol. The monoisotopic (exact) mass is 317 g/mol. The van der Waals surface area contributed by atoms with Crippen LogP contribution < -0.4 is 0 Å². The lowest BCUT2D eigenvalue weighted by atomic mass is 10.1. The molecule has 0 fully saturated rings. The van der Waals surface area contributed by atoms with Crippen LogP contribution in [0.3, 0.4) is 0 Å². The molecule has 0 saturated carbocycles. The van der Waals surface area contributed by atoms with Gasteiger partial charge in [-0.05, 0) is 23.3 Å². The average Bonchev–Trinajstić information content (AvgIpc) is 2.41. The standard InChI is InChI=1S/C15H12BrNO2/c16-14-8-6-13(7-9-14)11-15(17(18)19)10-12-4-2-1-3-5-12/h1-9,11H,10H2. The molecule has 0 radical (unpaired) electrons. The lowest BCUT2D eigenvalue weighted by Gasteiger charge is -2.00. The van der Waals surface area contributed by atoms with Crippen LogP contribution in [0, 0.1) is 10.1 Å². The number of allylic oxidation sites excluding steroid dienone is 1. The molecule has 0 unspecified atom stereocenters. The van der Waals surface area contributed by atoms with Gasteiger partial charge in [0.1, 0.15) is 0 Å². The van der Waals surface area contributed by atoms with Crippen molar-refractivity contribution in [3.05, 3.63) is 86.0 Å². The molecule has 0 N–H and O–H groups in total. The van der Waals surface area contributed by atoms with Crippen LogP contribution in [0.25, 0.3) is 6.08 Å². The molecule has 0 saturated heterocycles. The van der Waals surface area contributed by atoms with Gasteiger partial charge in [-0.2, -0.15) is 0 Å². The van der Waals surface area contributed by atoms with Crippen LogP contribution in [0.5, 0.6) is 0 Å². The highest BCUT2D eigenvalue weighted by Gasteiger charge is 2.11. The molecule has 0 spiro atoms. The first-order valence-electron chi connectivity index (χ1n) is 5.79. The highest BCUT2D eigenvalue weighted by molar-refractivity contribution is 9.10. The Morgan fingerprint density at radius 3 is 2.32 bits per heavy atom. The third-order valence-electron chi connectivity index (χ3n) is 2.67. The number of hydrogen-bond acceptors (Lipinski definition) is 2. The SMILES string of the molecule is O=[N+]([O-])C(=Cc1ccc(Br)cc1)Cc1ccccc1. The van der Waals surface area contributed by atoms with Gasteiger partial charge < -0.3 is 0 Å². The molecule has 19 heavy (non-hydrogen) atoms. The zero-order valence-corrected chi connectivity index (χ0v) is 11.7. The Bertz CT molecular complexity index is 591. The minimum atomic E-state index is -0.324. The van der Waals surface area contributed by atoms with E-state index in [0.717, 1.165) is 15.6 Å². The Morgan fingerprint density at radius 1 is 1.11 bits per heavy atom. The summed E-state index contributed by atoms with van der Waals surface area (Å²) >= 11 is 3.34. The Morgan fingerprint density at radius 2 is 1.74 bits per heavy atom. The molecule has 2 aromatic rings. The van der Waals surface area contributed by atoms with Gasteiger partial charge in [0.25, 0.3) is 5.70 Å². The topological polar surface area (TPSA) is 43.1 Å². The first kappa shape index (κ1) is 13.5. The van der Waals surface area contributed by atoms with Crippen LogP contribution in [-0.2, 0) is 6.42 Å². The van der Waals surface area contributed by atoms with E-state index in [1.54, 1.807) is 6.08 Å².